The Morgan fingerprint density at radius 1 is 1.15 bits per heavy atom. The first-order valence-electron chi connectivity index (χ1n) is 6.65. The summed E-state index contributed by atoms with van der Waals surface area (Å²) in [6, 6.07) is 0. The Morgan fingerprint density at radius 3 is 2.40 bits per heavy atom. The Morgan fingerprint density at radius 2 is 1.80 bits per heavy atom. The van der Waals surface area contributed by atoms with E-state index in [1.165, 1.54) is 13.8 Å². The van der Waals surface area contributed by atoms with Gasteiger partial charge in [-0.05, 0) is 13.8 Å². The summed E-state index contributed by atoms with van der Waals surface area (Å²) in [5.41, 5.74) is 0. The van der Waals surface area contributed by atoms with E-state index in [1.54, 1.807) is 13.8 Å². The zero-order chi connectivity index (χ0) is 14.9. The van der Waals surface area contributed by atoms with E-state index in [1.807, 2.05) is 12.2 Å². The molecule has 0 N–H and O–H groups in total. The van der Waals surface area contributed by atoms with Gasteiger partial charge in [-0.2, -0.15) is 0 Å². The summed E-state index contributed by atoms with van der Waals surface area (Å²) in [5, 5.41) is 0. The van der Waals surface area contributed by atoms with Gasteiger partial charge in [0.2, 0.25) is 0 Å². The van der Waals surface area contributed by atoms with Gasteiger partial charge in [0, 0.05) is 20.3 Å². The maximum atomic E-state index is 11.3. The van der Waals surface area contributed by atoms with Gasteiger partial charge in [0.05, 0.1) is 0 Å². The van der Waals surface area contributed by atoms with Crippen LogP contribution in [0.4, 0.5) is 0 Å². The molecule has 1 saturated heterocycles. The highest BCUT2D eigenvalue weighted by Crippen LogP contribution is 2.35. The van der Waals surface area contributed by atoms with Gasteiger partial charge in [0.15, 0.2) is 11.9 Å². The Balaban J connectivity index is 2.25. The predicted octanol–water partition coefficient (Wildman–Crippen LogP) is 1.33. The summed E-state index contributed by atoms with van der Waals surface area (Å²) in [6.45, 7) is 6.23. The van der Waals surface area contributed by atoms with Gasteiger partial charge in [-0.15, -0.1) is 0 Å². The highest BCUT2D eigenvalue weighted by atomic mass is 16.8. The molecular weight excluding hydrogens is 264 g/mol. The molecule has 0 radical (unpaired) electrons. The molecule has 112 valence electrons. The minimum Gasteiger partial charge on any atom is -0.458 e. The normalized spacial score (nSPS) is 35.0. The first kappa shape index (κ1) is 15.0. The van der Waals surface area contributed by atoms with Crippen LogP contribution in [0.2, 0.25) is 0 Å². The topological polar surface area (TPSA) is 71.1 Å². The van der Waals surface area contributed by atoms with E-state index in [-0.39, 0.29) is 6.10 Å². The average Bonchev–Trinajstić information content (AvgIpc) is 2.52. The molecule has 0 spiro atoms. The lowest BCUT2D eigenvalue weighted by Crippen LogP contribution is -2.46. The van der Waals surface area contributed by atoms with E-state index in [2.05, 4.69) is 0 Å². The summed E-state index contributed by atoms with van der Waals surface area (Å²) in [6.07, 6.45) is 2.11. The van der Waals surface area contributed by atoms with E-state index >= 15 is 0 Å². The Bertz CT molecular complexity index is 427. The third-order valence-corrected chi connectivity index (χ3v) is 3.17. The highest BCUT2D eigenvalue weighted by molar-refractivity contribution is 5.67. The molecule has 0 unspecified atom stereocenters. The Hall–Kier alpha value is -1.40. The second-order valence-electron chi connectivity index (χ2n) is 5.45. The van der Waals surface area contributed by atoms with Gasteiger partial charge < -0.3 is 18.9 Å². The molecule has 20 heavy (non-hydrogen) atoms. The molecule has 0 saturated carbocycles. The number of carbonyl (C=O) groups is 2. The molecule has 6 nitrogen and oxygen atoms in total. The van der Waals surface area contributed by atoms with Crippen molar-refractivity contribution < 1.29 is 28.5 Å². The molecule has 1 fully saturated rings. The maximum absolute atomic E-state index is 11.3. The van der Waals surface area contributed by atoms with Crippen molar-refractivity contribution in [2.75, 3.05) is 0 Å². The zero-order valence-electron chi connectivity index (χ0n) is 12.1. The predicted molar refractivity (Wildman–Crippen MR) is 68.7 cm³/mol. The van der Waals surface area contributed by atoms with Crippen LogP contribution in [0.3, 0.4) is 0 Å². The lowest BCUT2D eigenvalue weighted by Gasteiger charge is -2.29. The largest absolute Gasteiger partial charge is 0.458 e. The fourth-order valence-electron chi connectivity index (χ4n) is 2.58. The van der Waals surface area contributed by atoms with Crippen molar-refractivity contribution in [3.63, 3.8) is 0 Å². The molecule has 6 heteroatoms. The van der Waals surface area contributed by atoms with Crippen LogP contribution in [-0.2, 0) is 28.5 Å². The molecule has 1 aliphatic carbocycles. The molecule has 0 aromatic rings. The minimum atomic E-state index is -0.768. The van der Waals surface area contributed by atoms with E-state index in [4.69, 9.17) is 18.9 Å². The van der Waals surface area contributed by atoms with Gasteiger partial charge in [-0.3, -0.25) is 9.59 Å². The van der Waals surface area contributed by atoms with Gasteiger partial charge in [-0.1, -0.05) is 12.2 Å². The first-order chi connectivity index (χ1) is 9.28. The highest BCUT2D eigenvalue weighted by Gasteiger charge is 2.49. The monoisotopic (exact) mass is 284 g/mol. The molecule has 2 aliphatic rings. The Kier molecular flexibility index (Phi) is 4.15. The van der Waals surface area contributed by atoms with Gasteiger partial charge in [-0.25, -0.2) is 0 Å². The van der Waals surface area contributed by atoms with E-state index in [9.17, 15) is 9.59 Å². The Labute approximate surface area is 118 Å². The summed E-state index contributed by atoms with van der Waals surface area (Å²) in [5.74, 6) is -1.63. The van der Waals surface area contributed by atoms with E-state index in [0.29, 0.717) is 6.42 Å². The molecule has 0 amide bonds. The van der Waals surface area contributed by atoms with Crippen molar-refractivity contribution in [2.24, 2.45) is 0 Å². The lowest BCUT2D eigenvalue weighted by atomic mass is 10.0. The first-order valence-corrected chi connectivity index (χ1v) is 6.65. The van der Waals surface area contributed by atoms with Crippen LogP contribution in [0.1, 0.15) is 34.1 Å². The van der Waals surface area contributed by atoms with Crippen LogP contribution in [-0.4, -0.2) is 42.1 Å². The SMILES string of the molecule is CC(=O)O[C@@H]1[C@H]2OC(C)(C)O[C@H]2C=CC[C@H]1OC(C)=O. The second-order valence-corrected chi connectivity index (χ2v) is 5.45. The molecule has 2 rings (SSSR count). The van der Waals surface area contributed by atoms with Crippen molar-refractivity contribution in [2.45, 2.75) is 64.3 Å². The molecule has 4 atom stereocenters. The third kappa shape index (κ3) is 3.37. The number of fused-ring (bicyclic) bond motifs is 1. The molecule has 1 heterocycles. The van der Waals surface area contributed by atoms with Crippen LogP contribution in [0.5, 0.6) is 0 Å². The number of esters is 2. The number of carbonyl (C=O) groups excluding carboxylic acids is 2. The van der Waals surface area contributed by atoms with Crippen molar-refractivity contribution >= 4 is 11.9 Å². The third-order valence-electron chi connectivity index (χ3n) is 3.17. The quantitative estimate of drug-likeness (QED) is 0.563. The minimum absolute atomic E-state index is 0.324. The maximum Gasteiger partial charge on any atom is 0.303 e. The number of rotatable bonds is 2. The average molecular weight is 284 g/mol. The molecular formula is C14H20O6. The lowest BCUT2D eigenvalue weighted by molar-refractivity contribution is -0.188. The van der Waals surface area contributed by atoms with Crippen molar-refractivity contribution in [3.8, 4) is 0 Å². The summed E-state index contributed by atoms with van der Waals surface area (Å²) in [7, 11) is 0. The van der Waals surface area contributed by atoms with E-state index in [0.717, 1.165) is 0 Å². The van der Waals surface area contributed by atoms with Gasteiger partial charge in [0.1, 0.15) is 18.3 Å². The van der Waals surface area contributed by atoms with Crippen LogP contribution >= 0.6 is 0 Å². The smallest absolute Gasteiger partial charge is 0.303 e. The van der Waals surface area contributed by atoms with Crippen LogP contribution in [0, 0.1) is 0 Å². The molecule has 1 aliphatic heterocycles. The zero-order valence-corrected chi connectivity index (χ0v) is 12.1. The van der Waals surface area contributed by atoms with Crippen LogP contribution < -0.4 is 0 Å². The number of hydrogen-bond donors (Lipinski definition) is 0. The number of ether oxygens (including phenoxy) is 4. The molecule has 0 aromatic carbocycles. The fraction of sp³-hybridized carbons (Fsp3) is 0.714. The van der Waals surface area contributed by atoms with Crippen molar-refractivity contribution in [3.05, 3.63) is 12.2 Å². The van der Waals surface area contributed by atoms with Crippen LogP contribution in [0.15, 0.2) is 12.2 Å². The van der Waals surface area contributed by atoms with Gasteiger partial charge >= 0.3 is 11.9 Å². The van der Waals surface area contributed by atoms with Gasteiger partial charge in [0.25, 0.3) is 0 Å². The standard InChI is InChI=1S/C14H20O6/c1-8(15)17-10-6-5-7-11-13(12(10)18-9(2)16)20-14(3,4)19-11/h5,7,10-13H,6H2,1-4H3/t10-,11+,12+,13+/m1/s1. The van der Waals surface area contributed by atoms with Crippen molar-refractivity contribution in [1.29, 1.82) is 0 Å². The van der Waals surface area contributed by atoms with Crippen LogP contribution in [0.25, 0.3) is 0 Å². The second kappa shape index (κ2) is 5.54. The molecule has 0 bridgehead atoms. The fourth-order valence-corrected chi connectivity index (χ4v) is 2.58. The number of hydrogen-bond acceptors (Lipinski definition) is 6. The van der Waals surface area contributed by atoms with E-state index < -0.39 is 36.0 Å². The summed E-state index contributed by atoms with van der Waals surface area (Å²) < 4.78 is 22.2. The van der Waals surface area contributed by atoms with Crippen molar-refractivity contribution in [1.82, 2.24) is 0 Å². The molecule has 0 aromatic heterocycles. The summed E-state index contributed by atoms with van der Waals surface area (Å²) in [4.78, 5) is 22.5. The summed E-state index contributed by atoms with van der Waals surface area (Å²) >= 11 is 0.